The first-order valence-corrected chi connectivity index (χ1v) is 15.9. The highest BCUT2D eigenvalue weighted by atomic mass is 16.7. The zero-order chi connectivity index (χ0) is 34.6. The number of hydroxylamine groups is 2. The van der Waals surface area contributed by atoms with E-state index in [4.69, 9.17) is 28.5 Å². The van der Waals surface area contributed by atoms with Crippen molar-refractivity contribution in [1.82, 2.24) is 5.06 Å². The van der Waals surface area contributed by atoms with Gasteiger partial charge in [-0.3, -0.25) is 9.59 Å². The number of carbonyl (C=O) groups excluding carboxylic acids is 6. The molecule has 2 aliphatic rings. The minimum Gasteiger partial charge on any atom is -0.459 e. The summed E-state index contributed by atoms with van der Waals surface area (Å²) in [5, 5.41) is 0.497. The molecule has 0 saturated carbocycles. The van der Waals surface area contributed by atoms with Gasteiger partial charge in [-0.2, -0.15) is 0 Å². The van der Waals surface area contributed by atoms with E-state index in [0.717, 1.165) is 0 Å². The van der Waals surface area contributed by atoms with Gasteiger partial charge in [0.05, 0.1) is 16.7 Å². The molecule has 3 aromatic carbocycles. The number of amides is 2. The van der Waals surface area contributed by atoms with Gasteiger partial charge in [0.2, 0.25) is 0 Å². The number of ether oxygens (including phenoxy) is 5. The van der Waals surface area contributed by atoms with Crippen molar-refractivity contribution in [2.24, 2.45) is 0 Å². The van der Waals surface area contributed by atoms with Crippen LogP contribution < -0.4 is 0 Å². The Labute approximate surface area is 281 Å². The first-order valence-electron chi connectivity index (χ1n) is 15.9. The summed E-state index contributed by atoms with van der Waals surface area (Å²) in [5.74, 6) is -3.85. The first kappa shape index (κ1) is 34.9. The van der Waals surface area contributed by atoms with Gasteiger partial charge in [0.1, 0.15) is 18.8 Å². The van der Waals surface area contributed by atoms with Crippen LogP contribution in [0.3, 0.4) is 0 Å². The second-order valence-electron chi connectivity index (χ2n) is 11.2. The van der Waals surface area contributed by atoms with E-state index < -0.39 is 60.3 Å². The van der Waals surface area contributed by atoms with E-state index in [1.807, 2.05) is 0 Å². The summed E-state index contributed by atoms with van der Waals surface area (Å²) in [6.07, 6.45) is -3.75. The lowest BCUT2D eigenvalue weighted by Gasteiger charge is -2.40. The predicted octanol–water partition coefficient (Wildman–Crippen LogP) is 4.20. The fourth-order valence-electron chi connectivity index (χ4n) is 5.15. The van der Waals surface area contributed by atoms with Gasteiger partial charge in [-0.15, -0.1) is 5.06 Å². The van der Waals surface area contributed by atoms with Crippen molar-refractivity contribution in [1.29, 1.82) is 0 Å². The highest BCUT2D eigenvalue weighted by Crippen LogP contribution is 2.29. The number of carbonyl (C=O) groups is 6. The van der Waals surface area contributed by atoms with Gasteiger partial charge >= 0.3 is 23.9 Å². The summed E-state index contributed by atoms with van der Waals surface area (Å²) in [7, 11) is 0. The monoisotopic (exact) mass is 673 g/mol. The second-order valence-corrected chi connectivity index (χ2v) is 11.2. The summed E-state index contributed by atoms with van der Waals surface area (Å²) >= 11 is 0. The minimum absolute atomic E-state index is 0.00174. The molecule has 2 aliphatic heterocycles. The Morgan fingerprint density at radius 2 is 1.22 bits per heavy atom. The average molecular weight is 674 g/mol. The number of unbranched alkanes of at least 4 members (excludes halogenated alkanes) is 1. The maximum Gasteiger partial charge on any atom is 0.338 e. The first-order chi connectivity index (χ1) is 23.8. The maximum atomic E-state index is 13.2. The molecule has 0 aromatic heterocycles. The van der Waals surface area contributed by atoms with Gasteiger partial charge in [0.15, 0.2) is 12.4 Å². The lowest BCUT2D eigenvalue weighted by Crippen LogP contribution is -2.54. The fourth-order valence-corrected chi connectivity index (χ4v) is 5.15. The molecule has 49 heavy (non-hydrogen) atoms. The third-order valence-corrected chi connectivity index (χ3v) is 7.67. The summed E-state index contributed by atoms with van der Waals surface area (Å²) in [6, 6.07) is 24.8. The van der Waals surface area contributed by atoms with Crippen LogP contribution in [-0.4, -0.2) is 78.6 Å². The molecule has 13 heteroatoms. The highest BCUT2D eigenvalue weighted by Gasteiger charge is 2.45. The SMILES string of the molecule is O=C(CCCCO[C@H]1CC(OC(=O)c2ccccc2)C(OC(=O)c2ccccc2)[C@@H](COC(=O)c2ccccc2)O1)ON1C(=O)CCC1=O. The lowest BCUT2D eigenvalue weighted by molar-refractivity contribution is -0.256. The Hall–Kier alpha value is -5.40. The molecule has 2 amide bonds. The molecule has 0 radical (unpaired) electrons. The Balaban J connectivity index is 1.26. The Kier molecular flexibility index (Phi) is 12.2. The van der Waals surface area contributed by atoms with Gasteiger partial charge < -0.3 is 28.5 Å². The number of imide groups is 1. The van der Waals surface area contributed by atoms with Crippen LogP contribution in [0.25, 0.3) is 0 Å². The van der Waals surface area contributed by atoms with Crippen molar-refractivity contribution in [3.63, 3.8) is 0 Å². The number of benzene rings is 3. The van der Waals surface area contributed by atoms with Crippen molar-refractivity contribution in [2.75, 3.05) is 13.2 Å². The van der Waals surface area contributed by atoms with Crippen LogP contribution in [-0.2, 0) is 42.9 Å². The number of esters is 3. The average Bonchev–Trinajstić information content (AvgIpc) is 3.44. The normalized spacial score (nSPS) is 20.4. The molecule has 2 saturated heterocycles. The summed E-state index contributed by atoms with van der Waals surface area (Å²) in [6.45, 7) is -0.261. The molecule has 4 atom stereocenters. The van der Waals surface area contributed by atoms with Crippen LogP contribution in [0.1, 0.15) is 69.6 Å². The number of hydrogen-bond acceptors (Lipinski definition) is 12. The summed E-state index contributed by atoms with van der Waals surface area (Å²) in [5.41, 5.74) is 0.829. The molecule has 0 bridgehead atoms. The topological polar surface area (TPSA) is 161 Å². The van der Waals surface area contributed by atoms with Gasteiger partial charge in [0, 0.05) is 32.3 Å². The van der Waals surface area contributed by atoms with Crippen LogP contribution in [0.2, 0.25) is 0 Å². The predicted molar refractivity (Wildman–Crippen MR) is 168 cm³/mol. The molecular weight excluding hydrogens is 638 g/mol. The van der Waals surface area contributed by atoms with Gasteiger partial charge in [-0.05, 0) is 49.2 Å². The third-order valence-electron chi connectivity index (χ3n) is 7.67. The Morgan fingerprint density at radius 1 is 0.694 bits per heavy atom. The third kappa shape index (κ3) is 9.81. The van der Waals surface area contributed by atoms with Crippen LogP contribution in [0.5, 0.6) is 0 Å². The molecule has 0 spiro atoms. The summed E-state index contributed by atoms with van der Waals surface area (Å²) < 4.78 is 29.4. The largest absolute Gasteiger partial charge is 0.459 e. The lowest BCUT2D eigenvalue weighted by atomic mass is 10.0. The van der Waals surface area contributed by atoms with E-state index in [9.17, 15) is 28.8 Å². The molecule has 2 unspecified atom stereocenters. The molecule has 2 heterocycles. The van der Waals surface area contributed by atoms with Crippen LogP contribution in [0.4, 0.5) is 0 Å². The molecule has 256 valence electrons. The van der Waals surface area contributed by atoms with Crippen molar-refractivity contribution < 1.29 is 57.3 Å². The van der Waals surface area contributed by atoms with E-state index in [1.54, 1.807) is 91.0 Å². The summed E-state index contributed by atoms with van der Waals surface area (Å²) in [4.78, 5) is 79.6. The van der Waals surface area contributed by atoms with Gasteiger partial charge in [0.25, 0.3) is 11.8 Å². The highest BCUT2D eigenvalue weighted by molar-refractivity contribution is 6.01. The zero-order valence-corrected chi connectivity index (χ0v) is 26.5. The molecule has 2 fully saturated rings. The Morgan fingerprint density at radius 3 is 1.80 bits per heavy atom. The van der Waals surface area contributed by atoms with Crippen molar-refractivity contribution in [3.05, 3.63) is 108 Å². The number of nitrogens with zero attached hydrogens (tertiary/aromatic N) is 1. The van der Waals surface area contributed by atoms with E-state index in [0.29, 0.717) is 23.5 Å². The molecule has 0 aliphatic carbocycles. The van der Waals surface area contributed by atoms with E-state index in [2.05, 4.69) is 0 Å². The quantitative estimate of drug-likeness (QED) is 0.104. The Bertz CT molecular complexity index is 1600. The molecule has 13 nitrogen and oxygen atoms in total. The van der Waals surface area contributed by atoms with Crippen LogP contribution in [0.15, 0.2) is 91.0 Å². The van der Waals surface area contributed by atoms with Crippen LogP contribution in [0, 0.1) is 0 Å². The van der Waals surface area contributed by atoms with Crippen LogP contribution >= 0.6 is 0 Å². The smallest absolute Gasteiger partial charge is 0.338 e. The fraction of sp³-hybridized carbons (Fsp3) is 0.333. The van der Waals surface area contributed by atoms with E-state index in [-0.39, 0.29) is 50.0 Å². The zero-order valence-electron chi connectivity index (χ0n) is 26.5. The minimum atomic E-state index is -1.19. The standard InChI is InChI=1S/C36H35NO12/c38-29-19-20-30(39)37(29)49-31(40)18-10-11-21-44-32-22-27(47-35(42)25-14-6-2-7-15-25)33(48-36(43)26-16-8-3-9-17-26)28(46-32)23-45-34(41)24-12-4-1-5-13-24/h1-9,12-17,27-28,32-33H,10-11,18-23H2/t27?,28-,32-,33?/m1/s1. The van der Waals surface area contributed by atoms with Gasteiger partial charge in [-0.1, -0.05) is 54.6 Å². The number of hydrogen-bond donors (Lipinski definition) is 0. The second kappa shape index (κ2) is 17.1. The van der Waals surface area contributed by atoms with E-state index in [1.165, 1.54) is 0 Å². The van der Waals surface area contributed by atoms with Gasteiger partial charge in [-0.25, -0.2) is 19.2 Å². The molecule has 3 aromatic rings. The molecular formula is C36H35NO12. The van der Waals surface area contributed by atoms with Crippen molar-refractivity contribution in [2.45, 2.75) is 63.1 Å². The van der Waals surface area contributed by atoms with Crippen molar-refractivity contribution >= 4 is 35.7 Å². The maximum absolute atomic E-state index is 13.2. The molecule has 0 N–H and O–H groups in total. The van der Waals surface area contributed by atoms with E-state index >= 15 is 0 Å². The number of rotatable bonds is 14. The molecule has 5 rings (SSSR count). The van der Waals surface area contributed by atoms with Crippen molar-refractivity contribution in [3.8, 4) is 0 Å².